The summed E-state index contributed by atoms with van der Waals surface area (Å²) in [6.07, 6.45) is 0.260. The first kappa shape index (κ1) is 15.9. The number of benzene rings is 1. The Kier molecular flexibility index (Phi) is 4.01. The summed E-state index contributed by atoms with van der Waals surface area (Å²) < 4.78 is 0. The maximum absolute atomic E-state index is 12.5. The summed E-state index contributed by atoms with van der Waals surface area (Å²) >= 11 is 23.9. The average Bonchev–Trinajstić information content (AvgIpc) is 2.99. The van der Waals surface area contributed by atoms with Crippen LogP contribution in [0.4, 0.5) is 0 Å². The maximum Gasteiger partial charge on any atom is 0.263 e. The lowest BCUT2D eigenvalue weighted by Crippen LogP contribution is -2.35. The Morgan fingerprint density at radius 2 is 1.41 bits per heavy atom. The highest BCUT2D eigenvalue weighted by molar-refractivity contribution is 6.55. The van der Waals surface area contributed by atoms with E-state index in [4.69, 9.17) is 46.4 Å². The van der Waals surface area contributed by atoms with Crippen LogP contribution in [0.15, 0.2) is 0 Å². The Morgan fingerprint density at radius 1 is 0.909 bits per heavy atom. The highest BCUT2D eigenvalue weighted by Gasteiger charge is 2.42. The largest absolute Gasteiger partial charge is 0.356 e. The normalized spacial score (nSPS) is 20.6. The summed E-state index contributed by atoms with van der Waals surface area (Å²) in [6, 6.07) is 0. The fourth-order valence-electron chi connectivity index (χ4n) is 2.61. The summed E-state index contributed by atoms with van der Waals surface area (Å²) in [5, 5.41) is 2.35. The number of hydrogen-bond acceptors (Lipinski definition) is 3. The number of imide groups is 1. The van der Waals surface area contributed by atoms with Crippen molar-refractivity contribution in [2.45, 2.75) is 6.42 Å². The van der Waals surface area contributed by atoms with Crippen molar-refractivity contribution in [2.75, 3.05) is 13.1 Å². The van der Waals surface area contributed by atoms with E-state index in [0.717, 1.165) is 4.90 Å². The molecule has 3 rings (SSSR count). The van der Waals surface area contributed by atoms with Crippen molar-refractivity contribution in [1.82, 2.24) is 10.2 Å². The summed E-state index contributed by atoms with van der Waals surface area (Å²) in [6.45, 7) is 0.516. The smallest absolute Gasteiger partial charge is 0.263 e. The molecule has 22 heavy (non-hydrogen) atoms. The van der Waals surface area contributed by atoms with Crippen LogP contribution in [-0.4, -0.2) is 35.7 Å². The van der Waals surface area contributed by atoms with E-state index < -0.39 is 11.8 Å². The van der Waals surface area contributed by atoms with Crippen LogP contribution in [0.2, 0.25) is 20.1 Å². The van der Waals surface area contributed by atoms with E-state index in [1.54, 1.807) is 0 Å². The Balaban J connectivity index is 2.00. The van der Waals surface area contributed by atoms with Crippen LogP contribution in [0, 0.1) is 5.92 Å². The molecule has 0 spiro atoms. The number of amides is 3. The summed E-state index contributed by atoms with van der Waals surface area (Å²) in [5.41, 5.74) is -0.0771. The molecule has 0 unspecified atom stereocenters. The predicted octanol–water partition coefficient (Wildman–Crippen LogP) is 3.03. The number of hydrogen-bond donors (Lipinski definition) is 1. The Morgan fingerprint density at radius 3 is 1.82 bits per heavy atom. The maximum atomic E-state index is 12.5. The van der Waals surface area contributed by atoms with Crippen molar-refractivity contribution in [3.05, 3.63) is 31.2 Å². The Hall–Kier alpha value is -1.01. The van der Waals surface area contributed by atoms with Crippen molar-refractivity contribution in [3.63, 3.8) is 0 Å². The minimum absolute atomic E-state index is 0.0386. The van der Waals surface area contributed by atoms with E-state index in [2.05, 4.69) is 5.32 Å². The molecule has 1 aromatic carbocycles. The molecule has 2 heterocycles. The molecular formula is C13H8Cl4N2O3. The van der Waals surface area contributed by atoms with Gasteiger partial charge in [0.05, 0.1) is 31.2 Å². The zero-order valence-corrected chi connectivity index (χ0v) is 13.9. The third-order valence-corrected chi connectivity index (χ3v) is 5.49. The topological polar surface area (TPSA) is 66.5 Å². The van der Waals surface area contributed by atoms with Crippen LogP contribution in [0.1, 0.15) is 27.1 Å². The predicted molar refractivity (Wildman–Crippen MR) is 83.0 cm³/mol. The number of fused-ring (bicyclic) bond motifs is 1. The molecule has 0 aliphatic carbocycles. The molecule has 0 radical (unpaired) electrons. The second-order valence-corrected chi connectivity index (χ2v) is 6.61. The Bertz CT molecular complexity index is 688. The fraction of sp³-hybridized carbons (Fsp3) is 0.308. The second-order valence-electron chi connectivity index (χ2n) is 5.10. The van der Waals surface area contributed by atoms with Gasteiger partial charge >= 0.3 is 0 Å². The van der Waals surface area contributed by atoms with Gasteiger partial charge in [-0.3, -0.25) is 19.3 Å². The van der Waals surface area contributed by atoms with Crippen LogP contribution in [0.5, 0.6) is 0 Å². The van der Waals surface area contributed by atoms with E-state index >= 15 is 0 Å². The molecule has 1 atom stereocenters. The number of carbonyl (C=O) groups excluding carboxylic acids is 3. The van der Waals surface area contributed by atoms with Gasteiger partial charge in [-0.1, -0.05) is 46.4 Å². The highest BCUT2D eigenvalue weighted by Crippen LogP contribution is 2.44. The molecule has 1 fully saturated rings. The molecule has 3 amide bonds. The molecule has 5 nitrogen and oxygen atoms in total. The molecular weight excluding hydrogens is 374 g/mol. The lowest BCUT2D eigenvalue weighted by Gasteiger charge is -2.17. The van der Waals surface area contributed by atoms with Crippen molar-refractivity contribution in [1.29, 1.82) is 0 Å². The van der Waals surface area contributed by atoms with E-state index in [0.29, 0.717) is 6.54 Å². The van der Waals surface area contributed by atoms with Crippen LogP contribution >= 0.6 is 46.4 Å². The van der Waals surface area contributed by atoms with Gasteiger partial charge in [0.25, 0.3) is 11.8 Å². The van der Waals surface area contributed by atoms with Gasteiger partial charge in [0.1, 0.15) is 0 Å². The SMILES string of the molecule is O=C1C[C@@H](CN2C(=O)c3c(Cl)c(Cl)c(Cl)c(Cl)c3C2=O)CN1. The van der Waals surface area contributed by atoms with Gasteiger partial charge in [0, 0.05) is 25.4 Å². The van der Waals surface area contributed by atoms with Gasteiger partial charge in [-0.2, -0.15) is 0 Å². The molecule has 9 heteroatoms. The molecule has 116 valence electrons. The number of nitrogens with zero attached hydrogens (tertiary/aromatic N) is 1. The first-order chi connectivity index (χ1) is 10.3. The number of halogens is 4. The third-order valence-electron chi connectivity index (χ3n) is 3.69. The standard InChI is InChI=1S/C13H8Cl4N2O3/c14-8-6-7(9(15)11(17)10(8)16)13(22)19(12(6)21)3-4-1-5(20)18-2-4/h4H,1-3H2,(H,18,20)/t4-/m1/s1. The van der Waals surface area contributed by atoms with E-state index in [9.17, 15) is 14.4 Å². The van der Waals surface area contributed by atoms with Crippen LogP contribution in [-0.2, 0) is 4.79 Å². The lowest BCUT2D eigenvalue weighted by atomic mass is 10.1. The minimum atomic E-state index is -0.579. The van der Waals surface area contributed by atoms with E-state index in [-0.39, 0.29) is 56.0 Å². The Labute approximate surface area is 145 Å². The summed E-state index contributed by atoms with van der Waals surface area (Å²) in [5.74, 6) is -1.41. The molecule has 0 bridgehead atoms. The number of nitrogens with one attached hydrogen (secondary N) is 1. The van der Waals surface area contributed by atoms with Gasteiger partial charge in [-0.15, -0.1) is 0 Å². The van der Waals surface area contributed by atoms with E-state index in [1.807, 2.05) is 0 Å². The van der Waals surface area contributed by atoms with Crippen LogP contribution in [0.25, 0.3) is 0 Å². The zero-order chi connectivity index (χ0) is 16.2. The number of rotatable bonds is 2. The van der Waals surface area contributed by atoms with Gasteiger partial charge in [-0.05, 0) is 0 Å². The van der Waals surface area contributed by atoms with Gasteiger partial charge in [0.15, 0.2) is 0 Å². The average molecular weight is 382 g/mol. The van der Waals surface area contributed by atoms with Crippen LogP contribution < -0.4 is 5.32 Å². The first-order valence-corrected chi connectivity index (χ1v) is 7.83. The summed E-state index contributed by atoms with van der Waals surface area (Å²) in [4.78, 5) is 37.2. The van der Waals surface area contributed by atoms with Crippen molar-refractivity contribution >= 4 is 64.1 Å². The number of carbonyl (C=O) groups is 3. The minimum Gasteiger partial charge on any atom is -0.356 e. The van der Waals surface area contributed by atoms with Crippen molar-refractivity contribution in [3.8, 4) is 0 Å². The molecule has 1 saturated heterocycles. The molecule has 1 aromatic rings. The monoisotopic (exact) mass is 380 g/mol. The quantitative estimate of drug-likeness (QED) is 0.486. The van der Waals surface area contributed by atoms with Gasteiger partial charge in [0.2, 0.25) is 5.91 Å². The van der Waals surface area contributed by atoms with Crippen molar-refractivity contribution in [2.24, 2.45) is 5.92 Å². The molecule has 0 aromatic heterocycles. The lowest BCUT2D eigenvalue weighted by molar-refractivity contribution is -0.119. The van der Waals surface area contributed by atoms with E-state index in [1.165, 1.54) is 0 Å². The molecule has 2 aliphatic heterocycles. The molecule has 2 aliphatic rings. The summed E-state index contributed by atoms with van der Waals surface area (Å²) in [7, 11) is 0. The van der Waals surface area contributed by atoms with Gasteiger partial charge < -0.3 is 5.32 Å². The molecule has 1 N–H and O–H groups in total. The zero-order valence-electron chi connectivity index (χ0n) is 10.9. The second kappa shape index (κ2) is 5.57. The first-order valence-electron chi connectivity index (χ1n) is 6.31. The fourth-order valence-corrected chi connectivity index (χ4v) is 3.63. The van der Waals surface area contributed by atoms with Crippen molar-refractivity contribution < 1.29 is 14.4 Å². The molecule has 0 saturated carbocycles. The van der Waals surface area contributed by atoms with Crippen LogP contribution in [0.3, 0.4) is 0 Å². The van der Waals surface area contributed by atoms with Gasteiger partial charge in [-0.25, -0.2) is 0 Å². The third kappa shape index (κ3) is 2.27. The highest BCUT2D eigenvalue weighted by atomic mass is 35.5.